The van der Waals surface area contributed by atoms with Crippen molar-refractivity contribution in [2.24, 2.45) is 0 Å². The third-order valence-corrected chi connectivity index (χ3v) is 6.04. The number of amides is 1. The van der Waals surface area contributed by atoms with E-state index in [1.807, 2.05) is 26.0 Å². The molecule has 2 heterocycles. The van der Waals surface area contributed by atoms with Gasteiger partial charge in [0.15, 0.2) is 22.8 Å². The summed E-state index contributed by atoms with van der Waals surface area (Å²) in [4.78, 5) is 17.6. The van der Waals surface area contributed by atoms with E-state index in [9.17, 15) is 18.0 Å². The number of carbonyl (C=O) groups excluding carboxylic acids is 1. The number of rotatable bonds is 7. The van der Waals surface area contributed by atoms with E-state index in [4.69, 9.17) is 9.47 Å². The summed E-state index contributed by atoms with van der Waals surface area (Å²) in [6.45, 7) is 4.07. The van der Waals surface area contributed by atoms with Crippen LogP contribution < -0.4 is 14.8 Å². The van der Waals surface area contributed by atoms with Gasteiger partial charge in [0.1, 0.15) is 5.56 Å². The molecule has 0 aliphatic heterocycles. The van der Waals surface area contributed by atoms with Gasteiger partial charge in [-0.05, 0) is 48.2 Å². The van der Waals surface area contributed by atoms with Crippen LogP contribution in [0.3, 0.4) is 0 Å². The van der Waals surface area contributed by atoms with Gasteiger partial charge in [-0.25, -0.2) is 9.50 Å². The number of halogens is 3. The summed E-state index contributed by atoms with van der Waals surface area (Å²) in [7, 11) is 2.89. The first-order chi connectivity index (χ1) is 17.2. The summed E-state index contributed by atoms with van der Waals surface area (Å²) in [5.41, 5.74) is 0.523. The average molecular weight is 499 g/mol. The molecule has 0 bridgehead atoms. The second kappa shape index (κ2) is 9.88. The molecule has 1 unspecified atom stereocenters. The summed E-state index contributed by atoms with van der Waals surface area (Å²) in [5, 5.41) is 6.67. The van der Waals surface area contributed by atoms with Crippen molar-refractivity contribution >= 4 is 17.2 Å². The van der Waals surface area contributed by atoms with Crippen LogP contribution in [0.1, 0.15) is 47.8 Å². The van der Waals surface area contributed by atoms with Crippen molar-refractivity contribution < 1.29 is 27.4 Å². The Morgan fingerprint density at radius 3 is 2.47 bits per heavy atom. The SMILES string of the molecule is CCC(C)c1ccccc1NC(=O)c1cnn2c(C(F)(F)F)cc(-c3ccc(OC)c(OC)c3)nc12. The molecule has 1 amide bonds. The van der Waals surface area contributed by atoms with Crippen LogP contribution in [0.15, 0.2) is 54.7 Å². The van der Waals surface area contributed by atoms with Crippen molar-refractivity contribution in [3.05, 3.63) is 71.5 Å². The number of ether oxygens (including phenoxy) is 2. The molecule has 0 saturated heterocycles. The largest absolute Gasteiger partial charge is 0.493 e. The molecule has 1 N–H and O–H groups in total. The fourth-order valence-corrected chi connectivity index (χ4v) is 3.92. The number of anilines is 1. The number of alkyl halides is 3. The zero-order valence-corrected chi connectivity index (χ0v) is 20.2. The number of aromatic nitrogens is 3. The number of methoxy groups -OCH3 is 2. The third kappa shape index (κ3) is 4.71. The highest BCUT2D eigenvalue weighted by atomic mass is 19.4. The van der Waals surface area contributed by atoms with Gasteiger partial charge in [-0.3, -0.25) is 4.79 Å². The Morgan fingerprint density at radius 2 is 1.81 bits per heavy atom. The van der Waals surface area contributed by atoms with E-state index >= 15 is 0 Å². The van der Waals surface area contributed by atoms with Gasteiger partial charge in [-0.2, -0.15) is 18.3 Å². The molecule has 2 aromatic heterocycles. The number of carbonyl (C=O) groups is 1. The van der Waals surface area contributed by atoms with Crippen LogP contribution in [0.4, 0.5) is 18.9 Å². The van der Waals surface area contributed by atoms with Gasteiger partial charge in [-0.15, -0.1) is 0 Å². The second-order valence-corrected chi connectivity index (χ2v) is 8.24. The van der Waals surface area contributed by atoms with Crippen molar-refractivity contribution in [3.63, 3.8) is 0 Å². The Labute approximate surface area is 205 Å². The molecule has 0 saturated carbocycles. The van der Waals surface area contributed by atoms with Crippen molar-refractivity contribution in [1.29, 1.82) is 0 Å². The van der Waals surface area contributed by atoms with E-state index in [0.29, 0.717) is 27.3 Å². The standard InChI is InChI=1S/C26H25F3N4O3/c1-5-15(2)17-8-6-7-9-19(17)32-25(34)18-14-30-33-23(26(27,28)29)13-20(31-24(18)33)16-10-11-21(35-3)22(12-16)36-4/h6-15H,5H2,1-4H3,(H,32,34). The summed E-state index contributed by atoms with van der Waals surface area (Å²) < 4.78 is 53.1. The summed E-state index contributed by atoms with van der Waals surface area (Å²) in [6, 6.07) is 12.9. The highest BCUT2D eigenvalue weighted by molar-refractivity contribution is 6.08. The maximum absolute atomic E-state index is 14.0. The average Bonchev–Trinajstić information content (AvgIpc) is 3.31. The third-order valence-electron chi connectivity index (χ3n) is 6.04. The first-order valence-corrected chi connectivity index (χ1v) is 11.3. The second-order valence-electron chi connectivity index (χ2n) is 8.24. The Morgan fingerprint density at radius 1 is 1.08 bits per heavy atom. The Balaban J connectivity index is 1.83. The molecule has 0 fully saturated rings. The van der Waals surface area contributed by atoms with Crippen molar-refractivity contribution in [2.75, 3.05) is 19.5 Å². The lowest BCUT2D eigenvalue weighted by molar-refractivity contribution is -0.142. The van der Waals surface area contributed by atoms with Crippen molar-refractivity contribution in [2.45, 2.75) is 32.4 Å². The first-order valence-electron chi connectivity index (χ1n) is 11.3. The Bertz CT molecular complexity index is 1420. The Hall–Kier alpha value is -4.08. The van der Waals surface area contributed by atoms with Gasteiger partial charge in [0.25, 0.3) is 5.91 Å². The molecule has 0 radical (unpaired) electrons. The number of nitrogens with one attached hydrogen (secondary N) is 1. The minimum Gasteiger partial charge on any atom is -0.493 e. The maximum atomic E-state index is 14.0. The smallest absolute Gasteiger partial charge is 0.433 e. The van der Waals surface area contributed by atoms with E-state index < -0.39 is 17.8 Å². The number of para-hydroxylation sites is 1. The molecule has 4 aromatic rings. The number of nitrogens with zero attached hydrogens (tertiary/aromatic N) is 3. The molecule has 188 valence electrons. The molecule has 4 rings (SSSR count). The number of hydrogen-bond donors (Lipinski definition) is 1. The monoisotopic (exact) mass is 498 g/mol. The van der Waals surface area contributed by atoms with Crippen LogP contribution >= 0.6 is 0 Å². The lowest BCUT2D eigenvalue weighted by atomic mass is 9.97. The molecule has 2 aromatic carbocycles. The van der Waals surface area contributed by atoms with E-state index in [1.165, 1.54) is 20.3 Å². The molecule has 7 nitrogen and oxygen atoms in total. The number of fused-ring (bicyclic) bond motifs is 1. The summed E-state index contributed by atoms with van der Waals surface area (Å²) in [6.07, 6.45) is -2.79. The fourth-order valence-electron chi connectivity index (χ4n) is 3.92. The minimum absolute atomic E-state index is 0.00494. The lowest BCUT2D eigenvalue weighted by Crippen LogP contribution is -2.16. The van der Waals surface area contributed by atoms with E-state index in [-0.39, 0.29) is 22.8 Å². The van der Waals surface area contributed by atoms with Crippen LogP contribution in [0.25, 0.3) is 16.9 Å². The summed E-state index contributed by atoms with van der Waals surface area (Å²) in [5.74, 6) is 0.323. The molecular formula is C26H25F3N4O3. The highest BCUT2D eigenvalue weighted by Gasteiger charge is 2.36. The first kappa shape index (κ1) is 25.0. The van der Waals surface area contributed by atoms with Crippen LogP contribution in [0, 0.1) is 0 Å². The van der Waals surface area contributed by atoms with Crippen molar-refractivity contribution in [1.82, 2.24) is 14.6 Å². The maximum Gasteiger partial charge on any atom is 0.433 e. The quantitative estimate of drug-likeness (QED) is 0.328. The molecule has 36 heavy (non-hydrogen) atoms. The molecule has 0 spiro atoms. The van der Waals surface area contributed by atoms with Gasteiger partial charge < -0.3 is 14.8 Å². The van der Waals surface area contributed by atoms with Gasteiger partial charge >= 0.3 is 6.18 Å². The predicted molar refractivity (Wildman–Crippen MR) is 130 cm³/mol. The number of benzene rings is 2. The number of hydrogen-bond acceptors (Lipinski definition) is 5. The lowest BCUT2D eigenvalue weighted by Gasteiger charge is -2.15. The van der Waals surface area contributed by atoms with Gasteiger partial charge in [0.05, 0.1) is 26.1 Å². The van der Waals surface area contributed by atoms with Crippen LogP contribution in [0.2, 0.25) is 0 Å². The Kier molecular flexibility index (Phi) is 6.87. The van der Waals surface area contributed by atoms with Crippen molar-refractivity contribution in [3.8, 4) is 22.8 Å². The molecule has 0 aliphatic carbocycles. The van der Waals surface area contributed by atoms with E-state index in [2.05, 4.69) is 15.4 Å². The fraction of sp³-hybridized carbons (Fsp3) is 0.269. The van der Waals surface area contributed by atoms with Crippen LogP contribution in [0.5, 0.6) is 11.5 Å². The van der Waals surface area contributed by atoms with Crippen LogP contribution in [-0.4, -0.2) is 34.7 Å². The van der Waals surface area contributed by atoms with Crippen LogP contribution in [-0.2, 0) is 6.18 Å². The topological polar surface area (TPSA) is 77.8 Å². The summed E-state index contributed by atoms with van der Waals surface area (Å²) >= 11 is 0. The molecule has 0 aliphatic rings. The zero-order chi connectivity index (χ0) is 26.0. The zero-order valence-electron chi connectivity index (χ0n) is 20.2. The molecular weight excluding hydrogens is 473 g/mol. The normalized spacial score (nSPS) is 12.4. The predicted octanol–water partition coefficient (Wildman–Crippen LogP) is 6.20. The van der Waals surface area contributed by atoms with E-state index in [0.717, 1.165) is 24.2 Å². The minimum atomic E-state index is -4.74. The van der Waals surface area contributed by atoms with Gasteiger partial charge in [0.2, 0.25) is 0 Å². The highest BCUT2D eigenvalue weighted by Crippen LogP contribution is 2.36. The van der Waals surface area contributed by atoms with Gasteiger partial charge in [-0.1, -0.05) is 32.0 Å². The van der Waals surface area contributed by atoms with E-state index in [1.54, 1.807) is 24.3 Å². The molecule has 10 heteroatoms. The molecule has 1 atom stereocenters. The van der Waals surface area contributed by atoms with Gasteiger partial charge in [0, 0.05) is 11.3 Å².